The van der Waals surface area contributed by atoms with Gasteiger partial charge in [0.05, 0.1) is 5.69 Å². The van der Waals surface area contributed by atoms with Crippen molar-refractivity contribution in [1.82, 2.24) is 19.7 Å². The van der Waals surface area contributed by atoms with Gasteiger partial charge in [-0.1, -0.05) is 0 Å². The Labute approximate surface area is 133 Å². The van der Waals surface area contributed by atoms with Crippen molar-refractivity contribution >= 4 is 5.91 Å². The zero-order valence-corrected chi connectivity index (χ0v) is 13.4. The van der Waals surface area contributed by atoms with Crippen molar-refractivity contribution in [1.29, 1.82) is 0 Å². The monoisotopic (exact) mass is 316 g/mol. The van der Waals surface area contributed by atoms with Crippen LogP contribution in [-0.2, 0) is 6.54 Å². The topological polar surface area (TPSA) is 81.2 Å². The van der Waals surface area contributed by atoms with Gasteiger partial charge in [-0.05, 0) is 31.7 Å². The first kappa shape index (κ1) is 15.5. The number of amides is 1. The van der Waals surface area contributed by atoms with Gasteiger partial charge in [0, 0.05) is 32.6 Å². The van der Waals surface area contributed by atoms with Crippen LogP contribution in [0.15, 0.2) is 27.6 Å². The molecule has 0 N–H and O–H groups in total. The molecule has 0 unspecified atom stereocenters. The SMILES string of the molecule is Cc1ccc(=O)n(CC2CCN(C(=O)c3coc(C)n3)CC2)n1. The van der Waals surface area contributed by atoms with Crippen LogP contribution in [0.2, 0.25) is 0 Å². The summed E-state index contributed by atoms with van der Waals surface area (Å²) in [6, 6.07) is 3.27. The Bertz CT molecular complexity index is 757. The van der Waals surface area contributed by atoms with E-state index < -0.39 is 0 Å². The second-order valence-electron chi connectivity index (χ2n) is 5.98. The van der Waals surface area contributed by atoms with Crippen LogP contribution in [0.25, 0.3) is 0 Å². The molecule has 3 rings (SSSR count). The lowest BCUT2D eigenvalue weighted by Gasteiger charge is -2.31. The van der Waals surface area contributed by atoms with E-state index in [2.05, 4.69) is 10.1 Å². The van der Waals surface area contributed by atoms with Gasteiger partial charge in [-0.3, -0.25) is 9.59 Å². The van der Waals surface area contributed by atoms with Crippen LogP contribution in [0.5, 0.6) is 0 Å². The Morgan fingerprint density at radius 2 is 2.04 bits per heavy atom. The van der Waals surface area contributed by atoms with Crippen molar-refractivity contribution in [3.8, 4) is 0 Å². The van der Waals surface area contributed by atoms with E-state index in [0.29, 0.717) is 37.1 Å². The quantitative estimate of drug-likeness (QED) is 0.855. The highest BCUT2D eigenvalue weighted by atomic mass is 16.3. The molecule has 0 aliphatic carbocycles. The summed E-state index contributed by atoms with van der Waals surface area (Å²) in [5.74, 6) is 0.754. The van der Waals surface area contributed by atoms with E-state index in [1.807, 2.05) is 6.92 Å². The zero-order chi connectivity index (χ0) is 16.4. The number of piperidine rings is 1. The van der Waals surface area contributed by atoms with Crippen molar-refractivity contribution in [2.45, 2.75) is 33.2 Å². The molecule has 1 amide bonds. The maximum absolute atomic E-state index is 12.3. The molecule has 2 aromatic heterocycles. The van der Waals surface area contributed by atoms with Gasteiger partial charge in [0.1, 0.15) is 6.26 Å². The van der Waals surface area contributed by atoms with Crippen molar-refractivity contribution in [3.63, 3.8) is 0 Å². The number of aromatic nitrogens is 3. The van der Waals surface area contributed by atoms with E-state index >= 15 is 0 Å². The molecular weight excluding hydrogens is 296 g/mol. The molecule has 1 fully saturated rings. The molecule has 0 aromatic carbocycles. The fourth-order valence-corrected chi connectivity index (χ4v) is 2.87. The molecule has 7 heteroatoms. The fourth-order valence-electron chi connectivity index (χ4n) is 2.87. The summed E-state index contributed by atoms with van der Waals surface area (Å²) in [4.78, 5) is 30.0. The van der Waals surface area contributed by atoms with Crippen LogP contribution >= 0.6 is 0 Å². The van der Waals surface area contributed by atoms with Gasteiger partial charge in [-0.2, -0.15) is 5.10 Å². The predicted molar refractivity (Wildman–Crippen MR) is 83.1 cm³/mol. The van der Waals surface area contributed by atoms with Gasteiger partial charge in [0.15, 0.2) is 11.6 Å². The summed E-state index contributed by atoms with van der Waals surface area (Å²) in [6.45, 7) is 5.52. The third kappa shape index (κ3) is 3.49. The molecule has 0 bridgehead atoms. The minimum atomic E-state index is -0.0915. The molecule has 0 radical (unpaired) electrons. The summed E-state index contributed by atoms with van der Waals surface area (Å²) in [5.41, 5.74) is 1.11. The van der Waals surface area contributed by atoms with Crippen LogP contribution in [0.4, 0.5) is 0 Å². The molecule has 1 aliphatic rings. The summed E-state index contributed by atoms with van der Waals surface area (Å²) in [5, 5.41) is 4.27. The molecule has 3 heterocycles. The average molecular weight is 316 g/mol. The molecule has 1 aliphatic heterocycles. The van der Waals surface area contributed by atoms with Crippen LogP contribution in [0, 0.1) is 19.8 Å². The average Bonchev–Trinajstić information content (AvgIpc) is 2.97. The van der Waals surface area contributed by atoms with Crippen molar-refractivity contribution < 1.29 is 9.21 Å². The molecule has 122 valence electrons. The number of carbonyl (C=O) groups excluding carboxylic acids is 1. The summed E-state index contributed by atoms with van der Waals surface area (Å²) in [7, 11) is 0. The lowest BCUT2D eigenvalue weighted by atomic mass is 9.96. The molecule has 23 heavy (non-hydrogen) atoms. The van der Waals surface area contributed by atoms with E-state index in [4.69, 9.17) is 4.42 Å². The predicted octanol–water partition coefficient (Wildman–Crippen LogP) is 1.40. The third-order valence-corrected chi connectivity index (χ3v) is 4.17. The lowest BCUT2D eigenvalue weighted by Crippen LogP contribution is -2.40. The van der Waals surface area contributed by atoms with Crippen molar-refractivity contribution in [3.05, 3.63) is 46.0 Å². The molecule has 7 nitrogen and oxygen atoms in total. The maximum atomic E-state index is 12.3. The van der Waals surface area contributed by atoms with E-state index in [0.717, 1.165) is 18.5 Å². The molecule has 0 spiro atoms. The Morgan fingerprint density at radius 3 is 2.70 bits per heavy atom. The Hall–Kier alpha value is -2.44. The van der Waals surface area contributed by atoms with E-state index in [1.165, 1.54) is 10.9 Å². The molecule has 1 saturated heterocycles. The first-order valence-corrected chi connectivity index (χ1v) is 7.79. The molecule has 2 aromatic rings. The number of hydrogen-bond donors (Lipinski definition) is 0. The standard InChI is InChI=1S/C16H20N4O3/c1-11-3-4-15(21)20(18-11)9-13-5-7-19(8-6-13)16(22)14-10-23-12(2)17-14/h3-4,10,13H,5-9H2,1-2H3. The fraction of sp³-hybridized carbons (Fsp3) is 0.500. The number of likely N-dealkylation sites (tertiary alicyclic amines) is 1. The zero-order valence-electron chi connectivity index (χ0n) is 13.4. The summed E-state index contributed by atoms with van der Waals surface area (Å²) in [6.07, 6.45) is 3.11. The smallest absolute Gasteiger partial charge is 0.275 e. The van der Waals surface area contributed by atoms with Gasteiger partial charge >= 0.3 is 0 Å². The van der Waals surface area contributed by atoms with E-state index in [1.54, 1.807) is 24.0 Å². The normalized spacial score (nSPS) is 15.8. The summed E-state index contributed by atoms with van der Waals surface area (Å²) < 4.78 is 6.62. The highest BCUT2D eigenvalue weighted by Crippen LogP contribution is 2.20. The van der Waals surface area contributed by atoms with Crippen molar-refractivity contribution in [2.75, 3.05) is 13.1 Å². The lowest BCUT2D eigenvalue weighted by molar-refractivity contribution is 0.0674. The highest BCUT2D eigenvalue weighted by molar-refractivity contribution is 5.92. The molecule has 0 saturated carbocycles. The largest absolute Gasteiger partial charge is 0.448 e. The van der Waals surface area contributed by atoms with Gasteiger partial charge in [0.2, 0.25) is 0 Å². The first-order valence-electron chi connectivity index (χ1n) is 7.79. The Kier molecular flexibility index (Phi) is 4.27. The third-order valence-electron chi connectivity index (χ3n) is 4.17. The van der Waals surface area contributed by atoms with Crippen LogP contribution < -0.4 is 5.56 Å². The molecule has 0 atom stereocenters. The van der Waals surface area contributed by atoms with Crippen molar-refractivity contribution in [2.24, 2.45) is 5.92 Å². The minimum absolute atomic E-state index is 0.0767. The van der Waals surface area contributed by atoms with Gasteiger partial charge in [-0.25, -0.2) is 9.67 Å². The van der Waals surface area contributed by atoms with Gasteiger partial charge in [0.25, 0.3) is 11.5 Å². The second-order valence-corrected chi connectivity index (χ2v) is 5.98. The number of oxazole rings is 1. The van der Waals surface area contributed by atoms with Gasteiger partial charge < -0.3 is 9.32 Å². The first-order chi connectivity index (χ1) is 11.0. The highest BCUT2D eigenvalue weighted by Gasteiger charge is 2.25. The number of aryl methyl sites for hydroxylation is 2. The Morgan fingerprint density at radius 1 is 1.30 bits per heavy atom. The van der Waals surface area contributed by atoms with Crippen LogP contribution in [0.1, 0.15) is 34.9 Å². The number of carbonyl (C=O) groups is 1. The van der Waals surface area contributed by atoms with E-state index in [-0.39, 0.29) is 11.5 Å². The number of hydrogen-bond acceptors (Lipinski definition) is 5. The molecular formula is C16H20N4O3. The van der Waals surface area contributed by atoms with Gasteiger partial charge in [-0.15, -0.1) is 0 Å². The number of nitrogens with zero attached hydrogens (tertiary/aromatic N) is 4. The number of rotatable bonds is 3. The van der Waals surface area contributed by atoms with E-state index in [9.17, 15) is 9.59 Å². The van der Waals surface area contributed by atoms with Crippen LogP contribution in [-0.4, -0.2) is 38.7 Å². The minimum Gasteiger partial charge on any atom is -0.448 e. The summed E-state index contributed by atoms with van der Waals surface area (Å²) >= 11 is 0. The second kappa shape index (κ2) is 6.36. The maximum Gasteiger partial charge on any atom is 0.275 e. The Balaban J connectivity index is 1.59. The van der Waals surface area contributed by atoms with Crippen LogP contribution in [0.3, 0.4) is 0 Å².